The van der Waals surface area contributed by atoms with E-state index < -0.39 is 0 Å². The normalized spacial score (nSPS) is 19.4. The third-order valence-corrected chi connectivity index (χ3v) is 3.77. The van der Waals surface area contributed by atoms with E-state index in [0.717, 1.165) is 6.42 Å². The first-order valence-electron chi connectivity index (χ1n) is 6.61. The predicted octanol–water partition coefficient (Wildman–Crippen LogP) is 2.15. The van der Waals surface area contributed by atoms with Crippen LogP contribution in [0.15, 0.2) is 0 Å². The van der Waals surface area contributed by atoms with E-state index in [1.807, 2.05) is 11.9 Å². The Morgan fingerprint density at radius 1 is 1.38 bits per heavy atom. The SMILES string of the molecule is CC(CN)CCC(=O)N(C)C1CCCCC1. The zero-order valence-corrected chi connectivity index (χ0v) is 10.7. The summed E-state index contributed by atoms with van der Waals surface area (Å²) in [6.07, 6.45) is 7.85. The van der Waals surface area contributed by atoms with Crippen LogP contribution in [0.3, 0.4) is 0 Å². The largest absolute Gasteiger partial charge is 0.343 e. The third-order valence-electron chi connectivity index (χ3n) is 3.77. The van der Waals surface area contributed by atoms with E-state index in [4.69, 9.17) is 5.73 Å². The topological polar surface area (TPSA) is 46.3 Å². The van der Waals surface area contributed by atoms with Crippen molar-refractivity contribution in [2.75, 3.05) is 13.6 Å². The highest BCUT2D eigenvalue weighted by molar-refractivity contribution is 5.76. The highest BCUT2D eigenvalue weighted by atomic mass is 16.2. The molecule has 0 aromatic heterocycles. The van der Waals surface area contributed by atoms with E-state index in [-0.39, 0.29) is 0 Å². The molecule has 1 saturated carbocycles. The van der Waals surface area contributed by atoms with Crippen LogP contribution in [-0.4, -0.2) is 30.4 Å². The molecule has 0 saturated heterocycles. The van der Waals surface area contributed by atoms with Crippen LogP contribution in [0, 0.1) is 5.92 Å². The van der Waals surface area contributed by atoms with Crippen molar-refractivity contribution in [3.63, 3.8) is 0 Å². The van der Waals surface area contributed by atoms with Gasteiger partial charge in [0.05, 0.1) is 0 Å². The number of carbonyl (C=O) groups excluding carboxylic acids is 1. The summed E-state index contributed by atoms with van der Waals surface area (Å²) in [7, 11) is 1.96. The summed E-state index contributed by atoms with van der Waals surface area (Å²) >= 11 is 0. The lowest BCUT2D eigenvalue weighted by atomic mass is 9.94. The summed E-state index contributed by atoms with van der Waals surface area (Å²) in [6.45, 7) is 2.79. The van der Waals surface area contributed by atoms with Gasteiger partial charge in [0.15, 0.2) is 0 Å². The van der Waals surface area contributed by atoms with E-state index >= 15 is 0 Å². The molecule has 0 aliphatic heterocycles. The van der Waals surface area contributed by atoms with Crippen LogP contribution in [0.4, 0.5) is 0 Å². The molecule has 0 spiro atoms. The minimum Gasteiger partial charge on any atom is -0.343 e. The average Bonchev–Trinajstić information content (AvgIpc) is 2.35. The van der Waals surface area contributed by atoms with Gasteiger partial charge < -0.3 is 10.6 Å². The molecule has 0 heterocycles. The van der Waals surface area contributed by atoms with Gasteiger partial charge in [0.1, 0.15) is 0 Å². The summed E-state index contributed by atoms with van der Waals surface area (Å²) in [5.74, 6) is 0.760. The van der Waals surface area contributed by atoms with Gasteiger partial charge in [-0.3, -0.25) is 4.79 Å². The smallest absolute Gasteiger partial charge is 0.222 e. The molecule has 1 amide bonds. The first kappa shape index (κ1) is 13.5. The fourth-order valence-corrected chi connectivity index (χ4v) is 2.34. The molecule has 1 rings (SSSR count). The second-order valence-electron chi connectivity index (χ2n) is 5.18. The number of nitrogens with two attached hydrogens (primary N) is 1. The van der Waals surface area contributed by atoms with E-state index in [0.29, 0.717) is 30.8 Å². The first-order chi connectivity index (χ1) is 7.65. The van der Waals surface area contributed by atoms with Gasteiger partial charge in [-0.25, -0.2) is 0 Å². The van der Waals surface area contributed by atoms with Gasteiger partial charge >= 0.3 is 0 Å². The van der Waals surface area contributed by atoms with E-state index in [2.05, 4.69) is 6.92 Å². The van der Waals surface area contributed by atoms with Gasteiger partial charge in [-0.15, -0.1) is 0 Å². The van der Waals surface area contributed by atoms with Crippen molar-refractivity contribution >= 4 is 5.91 Å². The predicted molar refractivity (Wildman–Crippen MR) is 67.1 cm³/mol. The number of hydrogen-bond acceptors (Lipinski definition) is 2. The van der Waals surface area contributed by atoms with Gasteiger partial charge in [-0.1, -0.05) is 26.2 Å². The molecule has 1 unspecified atom stereocenters. The zero-order valence-electron chi connectivity index (χ0n) is 10.7. The van der Waals surface area contributed by atoms with Crippen LogP contribution < -0.4 is 5.73 Å². The first-order valence-corrected chi connectivity index (χ1v) is 6.61. The fraction of sp³-hybridized carbons (Fsp3) is 0.923. The van der Waals surface area contributed by atoms with Crippen molar-refractivity contribution in [2.24, 2.45) is 11.7 Å². The van der Waals surface area contributed by atoms with Crippen molar-refractivity contribution in [3.8, 4) is 0 Å². The average molecular weight is 226 g/mol. The Morgan fingerprint density at radius 3 is 2.56 bits per heavy atom. The molecular formula is C13H26N2O. The molecule has 16 heavy (non-hydrogen) atoms. The zero-order chi connectivity index (χ0) is 12.0. The fourth-order valence-electron chi connectivity index (χ4n) is 2.34. The Bertz CT molecular complexity index is 212. The van der Waals surface area contributed by atoms with Crippen LogP contribution in [0.25, 0.3) is 0 Å². The number of rotatable bonds is 5. The Hall–Kier alpha value is -0.570. The van der Waals surface area contributed by atoms with Crippen molar-refractivity contribution in [1.82, 2.24) is 4.90 Å². The van der Waals surface area contributed by atoms with Crippen molar-refractivity contribution in [1.29, 1.82) is 0 Å². The summed E-state index contributed by atoms with van der Waals surface area (Å²) in [6, 6.07) is 0.495. The van der Waals surface area contributed by atoms with Crippen LogP contribution in [-0.2, 0) is 4.79 Å². The minimum atomic E-state index is 0.298. The molecule has 1 atom stereocenters. The van der Waals surface area contributed by atoms with Crippen molar-refractivity contribution < 1.29 is 4.79 Å². The van der Waals surface area contributed by atoms with Gasteiger partial charge in [0, 0.05) is 19.5 Å². The molecule has 3 nitrogen and oxygen atoms in total. The maximum absolute atomic E-state index is 11.9. The summed E-state index contributed by atoms with van der Waals surface area (Å²) in [5, 5.41) is 0. The quantitative estimate of drug-likeness (QED) is 0.781. The Morgan fingerprint density at radius 2 is 2.00 bits per heavy atom. The number of nitrogens with zero attached hydrogens (tertiary/aromatic N) is 1. The van der Waals surface area contributed by atoms with Crippen molar-refractivity contribution in [3.05, 3.63) is 0 Å². The minimum absolute atomic E-state index is 0.298. The molecule has 3 heteroatoms. The molecule has 2 N–H and O–H groups in total. The number of amides is 1. The highest BCUT2D eigenvalue weighted by Crippen LogP contribution is 2.22. The maximum atomic E-state index is 11.9. The highest BCUT2D eigenvalue weighted by Gasteiger charge is 2.21. The molecule has 0 bridgehead atoms. The summed E-state index contributed by atoms with van der Waals surface area (Å²) in [4.78, 5) is 13.9. The molecule has 1 aliphatic carbocycles. The summed E-state index contributed by atoms with van der Waals surface area (Å²) in [5.41, 5.74) is 5.55. The molecule has 0 aromatic rings. The van der Waals surface area contributed by atoms with Gasteiger partial charge in [-0.2, -0.15) is 0 Å². The molecular weight excluding hydrogens is 200 g/mol. The van der Waals surface area contributed by atoms with E-state index in [1.54, 1.807) is 0 Å². The number of hydrogen-bond donors (Lipinski definition) is 1. The Labute approximate surface area is 99.4 Å². The van der Waals surface area contributed by atoms with Gasteiger partial charge in [0.25, 0.3) is 0 Å². The third kappa shape index (κ3) is 4.12. The lowest BCUT2D eigenvalue weighted by Crippen LogP contribution is -2.38. The lowest BCUT2D eigenvalue weighted by Gasteiger charge is -2.31. The second kappa shape index (κ2) is 6.89. The van der Waals surface area contributed by atoms with Crippen LogP contribution in [0.5, 0.6) is 0 Å². The Kier molecular flexibility index (Phi) is 5.81. The summed E-state index contributed by atoms with van der Waals surface area (Å²) < 4.78 is 0. The molecule has 1 fully saturated rings. The monoisotopic (exact) mass is 226 g/mol. The molecule has 0 radical (unpaired) electrons. The number of carbonyl (C=O) groups is 1. The van der Waals surface area contributed by atoms with Crippen LogP contribution >= 0.6 is 0 Å². The second-order valence-corrected chi connectivity index (χ2v) is 5.18. The molecule has 0 aromatic carbocycles. The van der Waals surface area contributed by atoms with Crippen molar-refractivity contribution in [2.45, 2.75) is 57.9 Å². The van der Waals surface area contributed by atoms with E-state index in [1.165, 1.54) is 32.1 Å². The lowest BCUT2D eigenvalue weighted by molar-refractivity contribution is -0.132. The molecule has 1 aliphatic rings. The molecule has 94 valence electrons. The Balaban J connectivity index is 2.29. The van der Waals surface area contributed by atoms with Gasteiger partial charge in [-0.05, 0) is 31.7 Å². The van der Waals surface area contributed by atoms with Gasteiger partial charge in [0.2, 0.25) is 5.91 Å². The van der Waals surface area contributed by atoms with Crippen LogP contribution in [0.1, 0.15) is 51.9 Å². The standard InChI is InChI=1S/C13H26N2O/c1-11(10-14)8-9-13(16)15(2)12-6-4-3-5-7-12/h11-12H,3-10,14H2,1-2H3. The van der Waals surface area contributed by atoms with Crippen LogP contribution in [0.2, 0.25) is 0 Å². The maximum Gasteiger partial charge on any atom is 0.222 e. The van der Waals surface area contributed by atoms with E-state index in [9.17, 15) is 4.79 Å².